The third-order valence-corrected chi connectivity index (χ3v) is 3.15. The molecule has 2 amide bonds. The van der Waals surface area contributed by atoms with Gasteiger partial charge in [0.15, 0.2) is 0 Å². The Morgan fingerprint density at radius 1 is 1.29 bits per heavy atom. The number of hydrogen-bond acceptors (Lipinski definition) is 2. The average molecular weight is 198 g/mol. The van der Waals surface area contributed by atoms with E-state index in [-0.39, 0.29) is 12.1 Å². The highest BCUT2D eigenvalue weighted by Crippen LogP contribution is 2.20. The van der Waals surface area contributed by atoms with Gasteiger partial charge < -0.3 is 14.5 Å². The van der Waals surface area contributed by atoms with E-state index in [9.17, 15) is 4.79 Å². The number of hydrogen-bond donors (Lipinski definition) is 0. The first kappa shape index (κ1) is 9.77. The maximum Gasteiger partial charge on any atom is 0.320 e. The Balaban J connectivity index is 1.79. The van der Waals surface area contributed by atoms with Gasteiger partial charge in [-0.05, 0) is 12.3 Å². The molecule has 2 fully saturated rings. The van der Waals surface area contributed by atoms with Crippen molar-refractivity contribution >= 4 is 6.03 Å². The van der Waals surface area contributed by atoms with Crippen LogP contribution in [0.4, 0.5) is 4.79 Å². The van der Waals surface area contributed by atoms with E-state index in [0.29, 0.717) is 5.92 Å². The van der Waals surface area contributed by atoms with Gasteiger partial charge >= 0.3 is 6.03 Å². The van der Waals surface area contributed by atoms with Gasteiger partial charge in [0.05, 0.1) is 19.2 Å². The van der Waals surface area contributed by atoms with Crippen molar-refractivity contribution in [2.24, 2.45) is 5.92 Å². The van der Waals surface area contributed by atoms with Crippen LogP contribution < -0.4 is 0 Å². The molecule has 0 spiro atoms. The summed E-state index contributed by atoms with van der Waals surface area (Å²) < 4.78 is 5.14. The third kappa shape index (κ3) is 1.71. The number of urea groups is 1. The van der Waals surface area contributed by atoms with Crippen molar-refractivity contribution in [1.29, 1.82) is 0 Å². The highest BCUT2D eigenvalue weighted by Gasteiger charge is 2.35. The Hall–Kier alpha value is -0.770. The predicted octanol–water partition coefficient (Wildman–Crippen LogP) is 0.779. The van der Waals surface area contributed by atoms with Crippen LogP contribution in [-0.4, -0.2) is 55.2 Å². The lowest BCUT2D eigenvalue weighted by molar-refractivity contribution is -0.0144. The zero-order chi connectivity index (χ0) is 10.1. The van der Waals surface area contributed by atoms with Crippen LogP contribution in [0.2, 0.25) is 0 Å². The molecule has 0 aromatic rings. The van der Waals surface area contributed by atoms with E-state index < -0.39 is 0 Å². The van der Waals surface area contributed by atoms with E-state index in [2.05, 4.69) is 6.92 Å². The first-order valence-electron chi connectivity index (χ1n) is 5.27. The molecule has 0 aromatic heterocycles. The first-order valence-corrected chi connectivity index (χ1v) is 5.27. The van der Waals surface area contributed by atoms with Gasteiger partial charge in [-0.2, -0.15) is 0 Å². The molecule has 4 heteroatoms. The van der Waals surface area contributed by atoms with Crippen LogP contribution in [0.5, 0.6) is 0 Å². The Kier molecular flexibility index (Phi) is 2.63. The van der Waals surface area contributed by atoms with Gasteiger partial charge in [0.2, 0.25) is 0 Å². The van der Waals surface area contributed by atoms with Gasteiger partial charge in [-0.1, -0.05) is 6.92 Å². The van der Waals surface area contributed by atoms with Crippen LogP contribution in [-0.2, 0) is 4.74 Å². The second-order valence-corrected chi connectivity index (χ2v) is 4.39. The lowest BCUT2D eigenvalue weighted by Gasteiger charge is -2.40. The van der Waals surface area contributed by atoms with Crippen molar-refractivity contribution in [2.45, 2.75) is 19.4 Å². The summed E-state index contributed by atoms with van der Waals surface area (Å²) >= 11 is 0. The number of methoxy groups -OCH3 is 1. The van der Waals surface area contributed by atoms with Crippen molar-refractivity contribution in [3.8, 4) is 0 Å². The minimum atomic E-state index is 0.197. The molecule has 80 valence electrons. The van der Waals surface area contributed by atoms with E-state index in [1.807, 2.05) is 9.80 Å². The van der Waals surface area contributed by atoms with Crippen molar-refractivity contribution in [3.05, 3.63) is 0 Å². The number of likely N-dealkylation sites (tertiary alicyclic amines) is 2. The van der Waals surface area contributed by atoms with Crippen LogP contribution in [0.3, 0.4) is 0 Å². The molecular weight excluding hydrogens is 180 g/mol. The van der Waals surface area contributed by atoms with E-state index in [1.165, 1.54) is 0 Å². The fourth-order valence-electron chi connectivity index (χ4n) is 2.05. The molecule has 2 aliphatic heterocycles. The van der Waals surface area contributed by atoms with E-state index in [0.717, 1.165) is 32.6 Å². The maximum absolute atomic E-state index is 11.8. The van der Waals surface area contributed by atoms with Gasteiger partial charge in [0.25, 0.3) is 0 Å². The molecule has 2 heterocycles. The van der Waals surface area contributed by atoms with Crippen LogP contribution in [0, 0.1) is 5.92 Å². The van der Waals surface area contributed by atoms with Gasteiger partial charge in [-0.3, -0.25) is 0 Å². The van der Waals surface area contributed by atoms with Crippen LogP contribution in [0.15, 0.2) is 0 Å². The maximum atomic E-state index is 11.8. The number of rotatable bonds is 1. The Bertz CT molecular complexity index is 226. The molecular formula is C10H18N2O2. The molecule has 0 bridgehead atoms. The fraction of sp³-hybridized carbons (Fsp3) is 0.900. The lowest BCUT2D eigenvalue weighted by atomic mass is 10.2. The number of nitrogens with zero attached hydrogens (tertiary/aromatic N) is 2. The molecule has 14 heavy (non-hydrogen) atoms. The Morgan fingerprint density at radius 2 is 2.00 bits per heavy atom. The van der Waals surface area contributed by atoms with Crippen molar-refractivity contribution in [3.63, 3.8) is 0 Å². The number of amides is 2. The number of ether oxygens (including phenoxy) is 1. The summed E-state index contributed by atoms with van der Waals surface area (Å²) in [6, 6.07) is 0.197. The average Bonchev–Trinajstić information content (AvgIpc) is 2.49. The summed E-state index contributed by atoms with van der Waals surface area (Å²) in [4.78, 5) is 15.7. The second-order valence-electron chi connectivity index (χ2n) is 4.39. The monoisotopic (exact) mass is 198 g/mol. The summed E-state index contributed by atoms with van der Waals surface area (Å²) in [7, 11) is 1.70. The second kappa shape index (κ2) is 3.77. The number of carbonyl (C=O) groups excluding carboxylic acids is 1. The van der Waals surface area contributed by atoms with Crippen LogP contribution in [0.1, 0.15) is 13.3 Å². The van der Waals surface area contributed by atoms with Gasteiger partial charge in [0.1, 0.15) is 0 Å². The largest absolute Gasteiger partial charge is 0.378 e. The lowest BCUT2D eigenvalue weighted by Crippen LogP contribution is -2.57. The highest BCUT2D eigenvalue weighted by molar-refractivity contribution is 5.75. The highest BCUT2D eigenvalue weighted by atomic mass is 16.5. The van der Waals surface area contributed by atoms with Crippen molar-refractivity contribution < 1.29 is 9.53 Å². The van der Waals surface area contributed by atoms with E-state index in [4.69, 9.17) is 4.74 Å². The fourth-order valence-corrected chi connectivity index (χ4v) is 2.05. The topological polar surface area (TPSA) is 32.8 Å². The molecule has 0 N–H and O–H groups in total. The normalized spacial score (nSPS) is 28.0. The molecule has 2 saturated heterocycles. The molecule has 0 saturated carbocycles. The number of carbonyl (C=O) groups is 1. The quantitative estimate of drug-likeness (QED) is 0.623. The van der Waals surface area contributed by atoms with E-state index >= 15 is 0 Å². The first-order chi connectivity index (χ1) is 6.70. The van der Waals surface area contributed by atoms with Crippen LogP contribution in [0.25, 0.3) is 0 Å². The molecule has 1 atom stereocenters. The molecule has 2 aliphatic rings. The third-order valence-electron chi connectivity index (χ3n) is 3.15. The molecule has 4 nitrogen and oxygen atoms in total. The Morgan fingerprint density at radius 3 is 2.50 bits per heavy atom. The van der Waals surface area contributed by atoms with Gasteiger partial charge in [-0.25, -0.2) is 4.79 Å². The van der Waals surface area contributed by atoms with Gasteiger partial charge in [0, 0.05) is 20.2 Å². The molecule has 2 rings (SSSR count). The predicted molar refractivity (Wildman–Crippen MR) is 53.1 cm³/mol. The summed E-state index contributed by atoms with van der Waals surface area (Å²) in [5.41, 5.74) is 0. The molecule has 1 unspecified atom stereocenters. The zero-order valence-corrected chi connectivity index (χ0v) is 8.90. The summed E-state index contributed by atoms with van der Waals surface area (Å²) in [5.74, 6) is 0.665. The minimum Gasteiger partial charge on any atom is -0.378 e. The minimum absolute atomic E-state index is 0.197. The smallest absolute Gasteiger partial charge is 0.320 e. The van der Waals surface area contributed by atoms with Crippen LogP contribution >= 0.6 is 0 Å². The van der Waals surface area contributed by atoms with Crippen molar-refractivity contribution in [1.82, 2.24) is 9.80 Å². The van der Waals surface area contributed by atoms with Crippen molar-refractivity contribution in [2.75, 3.05) is 33.3 Å². The SMILES string of the molecule is COC1CN(C(=O)N2CCC(C)C2)C1. The summed E-state index contributed by atoms with van der Waals surface area (Å²) in [6.45, 7) is 5.57. The summed E-state index contributed by atoms with van der Waals surface area (Å²) in [6.07, 6.45) is 1.41. The molecule has 0 radical (unpaired) electrons. The van der Waals surface area contributed by atoms with Gasteiger partial charge in [-0.15, -0.1) is 0 Å². The molecule has 0 aromatic carbocycles. The standard InChI is InChI=1S/C10H18N2O2/c1-8-3-4-11(5-8)10(13)12-6-9(7-12)14-2/h8-9H,3-7H2,1-2H3. The molecule has 0 aliphatic carbocycles. The zero-order valence-electron chi connectivity index (χ0n) is 8.90. The van der Waals surface area contributed by atoms with E-state index in [1.54, 1.807) is 7.11 Å². The summed E-state index contributed by atoms with van der Waals surface area (Å²) in [5, 5.41) is 0. The Labute approximate surface area is 84.8 Å².